The summed E-state index contributed by atoms with van der Waals surface area (Å²) in [4.78, 5) is 35.1. The molecule has 0 aliphatic carbocycles. The second-order valence-electron chi connectivity index (χ2n) is 11.4. The Kier molecular flexibility index (Phi) is 13.3. The van der Waals surface area contributed by atoms with Crippen molar-refractivity contribution < 1.29 is 24.3 Å². The molecule has 0 spiro atoms. The molecule has 0 heterocycles. The van der Waals surface area contributed by atoms with E-state index in [0.29, 0.717) is 30.3 Å². The molecule has 4 unspecified atom stereocenters. The predicted octanol–water partition coefficient (Wildman–Crippen LogP) is 3.74. The number of hydrogen-bond donors (Lipinski definition) is 3. The first-order valence-corrected chi connectivity index (χ1v) is 15.0. The lowest BCUT2D eigenvalue weighted by atomic mass is 10.00. The molecule has 0 bridgehead atoms. The van der Waals surface area contributed by atoms with Gasteiger partial charge in [0.2, 0.25) is 0 Å². The van der Waals surface area contributed by atoms with Gasteiger partial charge in [-0.2, -0.15) is 0 Å². The zero-order valence-corrected chi connectivity index (χ0v) is 26.4. The third kappa shape index (κ3) is 10.8. The van der Waals surface area contributed by atoms with Crippen LogP contribution >= 0.6 is 0 Å². The largest absolute Gasteiger partial charge is 0.453 e. The van der Waals surface area contributed by atoms with Crippen LogP contribution in [-0.2, 0) is 20.7 Å². The zero-order valence-electron chi connectivity index (χ0n) is 26.4. The molecule has 10 heteroatoms. The Labute approximate surface area is 261 Å². The average Bonchev–Trinajstić information content (AvgIpc) is 3.01. The van der Waals surface area contributed by atoms with Crippen molar-refractivity contribution in [1.82, 2.24) is 10.4 Å². The van der Waals surface area contributed by atoms with Gasteiger partial charge in [0.15, 0.2) is 6.10 Å². The molecule has 0 saturated carbocycles. The molecular formula is C34H47N5O5. The van der Waals surface area contributed by atoms with Crippen molar-refractivity contribution in [2.24, 2.45) is 5.92 Å². The van der Waals surface area contributed by atoms with Crippen LogP contribution in [0.25, 0.3) is 0 Å². The molecule has 1 amide bonds. The van der Waals surface area contributed by atoms with Crippen LogP contribution in [0.3, 0.4) is 0 Å². The number of ether oxygens (including phenoxy) is 1. The normalized spacial score (nSPS) is 13.8. The van der Waals surface area contributed by atoms with Gasteiger partial charge in [-0.15, -0.1) is 5.06 Å². The summed E-state index contributed by atoms with van der Waals surface area (Å²) in [6.45, 7) is 5.31. The number of nitrogens with two attached hydrogens (primary N) is 1. The summed E-state index contributed by atoms with van der Waals surface area (Å²) < 4.78 is 5.27. The van der Waals surface area contributed by atoms with E-state index < -0.39 is 24.2 Å². The van der Waals surface area contributed by atoms with E-state index in [2.05, 4.69) is 19.2 Å². The Hall–Kier alpha value is -4.28. The number of nitrogens with zero attached hydrogens (tertiary/aromatic N) is 3. The highest BCUT2D eigenvalue weighted by Crippen LogP contribution is 2.21. The van der Waals surface area contributed by atoms with Gasteiger partial charge >= 0.3 is 0 Å². The van der Waals surface area contributed by atoms with Gasteiger partial charge in [0.25, 0.3) is 12.4 Å². The Bertz CT molecular complexity index is 1290. The Morgan fingerprint density at radius 3 is 2.27 bits per heavy atom. The number of carbonyl (C=O) groups excluding carboxylic acids is 2. The number of hydrogen-bond acceptors (Lipinski definition) is 9. The Morgan fingerprint density at radius 2 is 1.64 bits per heavy atom. The first-order valence-electron chi connectivity index (χ1n) is 15.0. The first-order chi connectivity index (χ1) is 21.1. The molecule has 0 aromatic heterocycles. The van der Waals surface area contributed by atoms with Crippen LogP contribution < -0.4 is 25.7 Å². The molecule has 0 saturated heterocycles. The molecule has 0 aliphatic rings. The molecule has 0 radical (unpaired) electrons. The Balaban J connectivity index is 1.80. The van der Waals surface area contributed by atoms with Gasteiger partial charge in [-0.1, -0.05) is 56.7 Å². The number of aliphatic hydroxyl groups is 1. The molecule has 3 rings (SSSR count). The lowest BCUT2D eigenvalue weighted by Crippen LogP contribution is -2.54. The fourth-order valence-corrected chi connectivity index (χ4v) is 4.68. The molecule has 3 aromatic rings. The van der Waals surface area contributed by atoms with Crippen LogP contribution in [0.5, 0.6) is 5.75 Å². The van der Waals surface area contributed by atoms with Gasteiger partial charge in [-0.05, 0) is 60.4 Å². The van der Waals surface area contributed by atoms with Crippen molar-refractivity contribution >= 4 is 29.4 Å². The lowest BCUT2D eigenvalue weighted by Gasteiger charge is -2.32. The highest BCUT2D eigenvalue weighted by atomic mass is 16.7. The van der Waals surface area contributed by atoms with Gasteiger partial charge in [0, 0.05) is 44.7 Å². The predicted molar refractivity (Wildman–Crippen MR) is 176 cm³/mol. The van der Waals surface area contributed by atoms with E-state index in [1.807, 2.05) is 85.5 Å². The SMILES string of the molecule is CCC(C)CN(CC(O)C(Cc1ccccc1)NC(=O)C(CN(C)c1cccc(N(C)C)c1)OC=O)Oc1ccc(N)cc1. The third-order valence-electron chi connectivity index (χ3n) is 7.55. The van der Waals surface area contributed by atoms with E-state index >= 15 is 0 Å². The number of nitrogen functional groups attached to an aromatic ring is 1. The maximum Gasteiger partial charge on any atom is 0.293 e. The molecule has 0 fully saturated rings. The summed E-state index contributed by atoms with van der Waals surface area (Å²) in [5.74, 6) is 0.393. The van der Waals surface area contributed by atoms with Crippen LogP contribution in [0.2, 0.25) is 0 Å². The molecule has 4 atom stereocenters. The lowest BCUT2D eigenvalue weighted by molar-refractivity contribution is -0.145. The summed E-state index contributed by atoms with van der Waals surface area (Å²) in [5, 5.41) is 16.3. The Morgan fingerprint density at radius 1 is 0.955 bits per heavy atom. The quantitative estimate of drug-likeness (QED) is 0.113. The van der Waals surface area contributed by atoms with Gasteiger partial charge in [0.05, 0.1) is 25.2 Å². The molecule has 4 N–H and O–H groups in total. The standard InChI is InChI=1S/C34H47N5O5/c1-6-25(2)21-39(44-30-17-15-27(35)16-18-30)22-32(41)31(19-26-11-8-7-9-12-26)36-34(42)33(43-24-40)23-38(5)29-14-10-13-28(20-29)37(3)4/h7-18,20,24-25,31-33,41H,6,19,21-23,35H2,1-5H3,(H,36,42). The van der Waals surface area contributed by atoms with Gasteiger partial charge in [0.1, 0.15) is 5.75 Å². The van der Waals surface area contributed by atoms with Crippen molar-refractivity contribution in [3.63, 3.8) is 0 Å². The average molecular weight is 606 g/mol. The maximum absolute atomic E-state index is 13.6. The topological polar surface area (TPSA) is 121 Å². The van der Waals surface area contributed by atoms with Gasteiger partial charge < -0.3 is 35.5 Å². The minimum atomic E-state index is -1.10. The number of carbonyl (C=O) groups is 2. The highest BCUT2D eigenvalue weighted by molar-refractivity contribution is 5.83. The van der Waals surface area contributed by atoms with Crippen LogP contribution in [0.4, 0.5) is 17.1 Å². The number of nitrogens with one attached hydrogen (secondary N) is 1. The minimum absolute atomic E-state index is 0.121. The molecule has 44 heavy (non-hydrogen) atoms. The highest BCUT2D eigenvalue weighted by Gasteiger charge is 2.30. The van der Waals surface area contributed by atoms with E-state index in [1.165, 1.54) is 0 Å². The van der Waals surface area contributed by atoms with E-state index in [0.717, 1.165) is 23.4 Å². The molecular weight excluding hydrogens is 558 g/mol. The molecule has 0 aliphatic heterocycles. The second kappa shape index (κ2) is 17.1. The zero-order chi connectivity index (χ0) is 32.1. The number of rotatable bonds is 18. The summed E-state index contributed by atoms with van der Waals surface area (Å²) >= 11 is 0. The van der Waals surface area contributed by atoms with Crippen molar-refractivity contribution in [3.05, 3.63) is 84.4 Å². The van der Waals surface area contributed by atoms with Crippen molar-refractivity contribution in [2.45, 2.75) is 44.9 Å². The summed E-state index contributed by atoms with van der Waals surface area (Å²) in [7, 11) is 5.74. The fraction of sp³-hybridized carbons (Fsp3) is 0.412. The minimum Gasteiger partial charge on any atom is -0.453 e. The van der Waals surface area contributed by atoms with Gasteiger partial charge in [-0.3, -0.25) is 9.59 Å². The van der Waals surface area contributed by atoms with Crippen LogP contribution in [0.15, 0.2) is 78.9 Å². The van der Waals surface area contributed by atoms with E-state index in [1.54, 1.807) is 29.3 Å². The van der Waals surface area contributed by atoms with Crippen LogP contribution in [0, 0.1) is 5.92 Å². The monoisotopic (exact) mass is 605 g/mol. The molecule has 238 valence electrons. The number of aliphatic hydroxyl groups excluding tert-OH is 1. The fourth-order valence-electron chi connectivity index (χ4n) is 4.68. The molecule has 3 aromatic carbocycles. The van der Waals surface area contributed by atoms with Crippen LogP contribution in [0.1, 0.15) is 25.8 Å². The number of amides is 1. The second-order valence-corrected chi connectivity index (χ2v) is 11.4. The maximum atomic E-state index is 13.6. The number of likely N-dealkylation sites (N-methyl/N-ethyl adjacent to an activating group) is 1. The van der Waals surface area contributed by atoms with E-state index in [-0.39, 0.29) is 19.6 Å². The summed E-state index contributed by atoms with van der Waals surface area (Å²) in [5.41, 5.74) is 9.27. The van der Waals surface area contributed by atoms with E-state index in [4.69, 9.17) is 15.3 Å². The third-order valence-corrected chi connectivity index (χ3v) is 7.55. The first kappa shape index (κ1) is 34.2. The molecule has 10 nitrogen and oxygen atoms in total. The number of anilines is 3. The van der Waals surface area contributed by atoms with Gasteiger partial charge in [-0.25, -0.2) is 0 Å². The van der Waals surface area contributed by atoms with Crippen molar-refractivity contribution in [2.75, 3.05) is 56.3 Å². The summed E-state index contributed by atoms with van der Waals surface area (Å²) in [6.07, 6.45) is -0.824. The summed E-state index contributed by atoms with van der Waals surface area (Å²) in [6, 6.07) is 23.8. The smallest absolute Gasteiger partial charge is 0.293 e. The van der Waals surface area contributed by atoms with Crippen molar-refractivity contribution in [3.8, 4) is 5.75 Å². The van der Waals surface area contributed by atoms with E-state index in [9.17, 15) is 14.7 Å². The van der Waals surface area contributed by atoms with Crippen LogP contribution in [-0.4, -0.2) is 81.6 Å². The number of hydroxylamine groups is 2. The number of benzene rings is 3. The van der Waals surface area contributed by atoms with Crippen molar-refractivity contribution in [1.29, 1.82) is 0 Å².